The summed E-state index contributed by atoms with van der Waals surface area (Å²) in [4.78, 5) is 17.5. The van der Waals surface area contributed by atoms with Gasteiger partial charge < -0.3 is 14.7 Å². The highest BCUT2D eigenvalue weighted by Gasteiger charge is 2.21. The van der Waals surface area contributed by atoms with Gasteiger partial charge in [-0.2, -0.15) is 0 Å². The second-order valence-corrected chi connectivity index (χ2v) is 5.07. The normalized spacial score (nSPS) is 16.3. The molecule has 5 nitrogen and oxygen atoms in total. The first-order valence-electron chi connectivity index (χ1n) is 6.57. The van der Waals surface area contributed by atoms with E-state index < -0.39 is 5.97 Å². The number of carboxylic acids is 1. The molecule has 19 heavy (non-hydrogen) atoms. The van der Waals surface area contributed by atoms with Crippen LogP contribution in [0, 0.1) is 12.8 Å². The van der Waals surface area contributed by atoms with Gasteiger partial charge in [0, 0.05) is 33.0 Å². The standard InChI is InChI=1S/C14H20N2O3/c1-10-3-6-15-13(12(10)14(17)18)16(2)9-11-4-7-19-8-5-11/h3,6,11H,4-5,7-9H2,1-2H3,(H,17,18). The molecule has 1 aromatic rings. The Bertz CT molecular complexity index is 456. The summed E-state index contributed by atoms with van der Waals surface area (Å²) in [5.41, 5.74) is 1.05. The smallest absolute Gasteiger partial charge is 0.339 e. The van der Waals surface area contributed by atoms with Crippen LogP contribution in [0.1, 0.15) is 28.8 Å². The Balaban J connectivity index is 2.16. The highest BCUT2D eigenvalue weighted by Crippen LogP contribution is 2.23. The largest absolute Gasteiger partial charge is 0.478 e. The average Bonchev–Trinajstić information content (AvgIpc) is 2.39. The van der Waals surface area contributed by atoms with Gasteiger partial charge in [0.1, 0.15) is 11.4 Å². The molecule has 1 N–H and O–H groups in total. The van der Waals surface area contributed by atoms with Gasteiger partial charge in [-0.15, -0.1) is 0 Å². The maximum atomic E-state index is 11.4. The van der Waals surface area contributed by atoms with Gasteiger partial charge in [-0.1, -0.05) is 0 Å². The van der Waals surface area contributed by atoms with Gasteiger partial charge in [-0.25, -0.2) is 9.78 Å². The van der Waals surface area contributed by atoms with Crippen molar-refractivity contribution in [2.24, 2.45) is 5.92 Å². The van der Waals surface area contributed by atoms with E-state index in [1.54, 1.807) is 19.2 Å². The molecule has 0 bridgehead atoms. The van der Waals surface area contributed by atoms with Crippen molar-refractivity contribution in [1.29, 1.82) is 0 Å². The molecule has 0 atom stereocenters. The Hall–Kier alpha value is -1.62. The van der Waals surface area contributed by atoms with Crippen molar-refractivity contribution in [3.63, 3.8) is 0 Å². The molecular weight excluding hydrogens is 244 g/mol. The summed E-state index contributed by atoms with van der Waals surface area (Å²) >= 11 is 0. The molecule has 0 saturated carbocycles. The number of carbonyl (C=O) groups is 1. The minimum atomic E-state index is -0.917. The lowest BCUT2D eigenvalue weighted by atomic mass is 9.99. The van der Waals surface area contributed by atoms with Gasteiger partial charge in [0.25, 0.3) is 0 Å². The van der Waals surface area contributed by atoms with Crippen LogP contribution in [0.15, 0.2) is 12.3 Å². The molecule has 0 amide bonds. The predicted octanol–water partition coefficient (Wildman–Crippen LogP) is 1.95. The summed E-state index contributed by atoms with van der Waals surface area (Å²) < 4.78 is 5.34. The van der Waals surface area contributed by atoms with E-state index >= 15 is 0 Å². The number of nitrogens with zero attached hydrogens (tertiary/aromatic N) is 2. The van der Waals surface area contributed by atoms with Crippen LogP contribution in [0.3, 0.4) is 0 Å². The van der Waals surface area contributed by atoms with Gasteiger partial charge >= 0.3 is 5.97 Å². The van der Waals surface area contributed by atoms with E-state index in [0.717, 1.165) is 38.2 Å². The summed E-state index contributed by atoms with van der Waals surface area (Å²) in [6.45, 7) is 4.22. The minimum absolute atomic E-state index is 0.303. The zero-order valence-corrected chi connectivity index (χ0v) is 11.4. The second kappa shape index (κ2) is 6.02. The number of carboxylic acid groups (broad SMARTS) is 1. The molecular formula is C14H20N2O3. The van der Waals surface area contributed by atoms with Crippen molar-refractivity contribution in [1.82, 2.24) is 4.98 Å². The molecule has 0 radical (unpaired) electrons. The van der Waals surface area contributed by atoms with Crippen LogP contribution in [0.5, 0.6) is 0 Å². The maximum absolute atomic E-state index is 11.4. The topological polar surface area (TPSA) is 62.7 Å². The second-order valence-electron chi connectivity index (χ2n) is 5.07. The Labute approximate surface area is 113 Å². The number of aryl methyl sites for hydroxylation is 1. The zero-order chi connectivity index (χ0) is 13.8. The maximum Gasteiger partial charge on any atom is 0.339 e. The lowest BCUT2D eigenvalue weighted by molar-refractivity contribution is 0.0677. The Kier molecular flexibility index (Phi) is 4.37. The van der Waals surface area contributed by atoms with Gasteiger partial charge in [0.05, 0.1) is 0 Å². The fourth-order valence-electron chi connectivity index (χ4n) is 2.50. The third-order valence-electron chi connectivity index (χ3n) is 3.59. The lowest BCUT2D eigenvalue weighted by Crippen LogP contribution is -2.31. The van der Waals surface area contributed by atoms with E-state index in [0.29, 0.717) is 17.3 Å². The molecule has 0 aromatic carbocycles. The SMILES string of the molecule is Cc1ccnc(N(C)CC2CCOCC2)c1C(=O)O. The number of hydrogen-bond acceptors (Lipinski definition) is 4. The monoisotopic (exact) mass is 264 g/mol. The fraction of sp³-hybridized carbons (Fsp3) is 0.571. The number of hydrogen-bond donors (Lipinski definition) is 1. The molecule has 0 spiro atoms. The number of pyridine rings is 1. The quantitative estimate of drug-likeness (QED) is 0.900. The lowest BCUT2D eigenvalue weighted by Gasteiger charge is -2.28. The zero-order valence-electron chi connectivity index (χ0n) is 11.4. The number of anilines is 1. The van der Waals surface area contributed by atoms with Crippen LogP contribution in [-0.2, 0) is 4.74 Å². The van der Waals surface area contributed by atoms with Crippen LogP contribution >= 0.6 is 0 Å². The predicted molar refractivity (Wildman–Crippen MR) is 72.7 cm³/mol. The number of ether oxygens (including phenoxy) is 1. The van der Waals surface area contributed by atoms with Crippen LogP contribution in [0.4, 0.5) is 5.82 Å². The molecule has 1 aliphatic heterocycles. The van der Waals surface area contributed by atoms with Crippen LogP contribution in [0.2, 0.25) is 0 Å². The Morgan fingerprint density at radius 3 is 2.84 bits per heavy atom. The van der Waals surface area contributed by atoms with Gasteiger partial charge in [0.15, 0.2) is 0 Å². The highest BCUT2D eigenvalue weighted by atomic mass is 16.5. The first kappa shape index (κ1) is 13.8. The summed E-state index contributed by atoms with van der Waals surface area (Å²) in [7, 11) is 1.91. The van der Waals surface area contributed by atoms with E-state index in [-0.39, 0.29) is 0 Å². The summed E-state index contributed by atoms with van der Waals surface area (Å²) in [5.74, 6) is 0.182. The molecule has 1 aromatic heterocycles. The highest BCUT2D eigenvalue weighted by molar-refractivity contribution is 5.94. The third-order valence-corrected chi connectivity index (χ3v) is 3.59. The number of aromatic nitrogens is 1. The van der Waals surface area contributed by atoms with Crippen molar-refractivity contribution < 1.29 is 14.6 Å². The summed E-state index contributed by atoms with van der Waals surface area (Å²) in [6, 6.07) is 1.73. The van der Waals surface area contributed by atoms with Crippen LogP contribution in [0.25, 0.3) is 0 Å². The average molecular weight is 264 g/mol. The van der Waals surface area contributed by atoms with Crippen molar-refractivity contribution in [3.8, 4) is 0 Å². The van der Waals surface area contributed by atoms with E-state index in [9.17, 15) is 9.90 Å². The van der Waals surface area contributed by atoms with Crippen molar-refractivity contribution in [2.75, 3.05) is 31.7 Å². The van der Waals surface area contributed by atoms with Gasteiger partial charge in [0.2, 0.25) is 0 Å². The fourth-order valence-corrected chi connectivity index (χ4v) is 2.50. The summed E-state index contributed by atoms with van der Waals surface area (Å²) in [6.07, 6.45) is 3.72. The van der Waals surface area contributed by atoms with Crippen LogP contribution < -0.4 is 4.90 Å². The number of rotatable bonds is 4. The molecule has 1 saturated heterocycles. The third kappa shape index (κ3) is 3.23. The summed E-state index contributed by atoms with van der Waals surface area (Å²) in [5, 5.41) is 9.31. The number of aromatic carboxylic acids is 1. The van der Waals surface area contributed by atoms with E-state index in [1.807, 2.05) is 11.9 Å². The van der Waals surface area contributed by atoms with Gasteiger partial charge in [-0.05, 0) is 37.3 Å². The van der Waals surface area contributed by atoms with E-state index in [2.05, 4.69) is 4.98 Å². The van der Waals surface area contributed by atoms with Gasteiger partial charge in [-0.3, -0.25) is 0 Å². The van der Waals surface area contributed by atoms with Crippen molar-refractivity contribution >= 4 is 11.8 Å². The molecule has 1 aliphatic rings. The Morgan fingerprint density at radius 2 is 2.21 bits per heavy atom. The molecule has 2 rings (SSSR count). The molecule has 2 heterocycles. The van der Waals surface area contributed by atoms with Crippen molar-refractivity contribution in [2.45, 2.75) is 19.8 Å². The minimum Gasteiger partial charge on any atom is -0.478 e. The van der Waals surface area contributed by atoms with Crippen LogP contribution in [-0.4, -0.2) is 42.9 Å². The molecule has 5 heteroatoms. The molecule has 1 fully saturated rings. The first-order valence-corrected chi connectivity index (χ1v) is 6.57. The molecule has 104 valence electrons. The Morgan fingerprint density at radius 1 is 1.53 bits per heavy atom. The van der Waals surface area contributed by atoms with E-state index in [4.69, 9.17) is 4.74 Å². The molecule has 0 unspecified atom stereocenters. The first-order chi connectivity index (χ1) is 9.09. The molecule has 0 aliphatic carbocycles. The van der Waals surface area contributed by atoms with Crippen molar-refractivity contribution in [3.05, 3.63) is 23.4 Å². The van der Waals surface area contributed by atoms with E-state index in [1.165, 1.54) is 0 Å².